The molecule has 2 aromatic carbocycles. The second-order valence-electron chi connectivity index (χ2n) is 8.52. The van der Waals surface area contributed by atoms with E-state index in [0.29, 0.717) is 0 Å². The number of hydrogen-bond donors (Lipinski definition) is 3. The van der Waals surface area contributed by atoms with Gasteiger partial charge in [-0.1, -0.05) is 36.4 Å². The maximum atomic E-state index is 12.7. The van der Waals surface area contributed by atoms with E-state index in [9.17, 15) is 19.2 Å². The molecule has 2 rings (SSSR count). The highest BCUT2D eigenvalue weighted by molar-refractivity contribution is 6.05. The average Bonchev–Trinajstić information content (AvgIpc) is 2.78. The van der Waals surface area contributed by atoms with Gasteiger partial charge in [0.2, 0.25) is 0 Å². The molecule has 0 aromatic heterocycles. The van der Waals surface area contributed by atoms with Crippen molar-refractivity contribution in [2.24, 2.45) is 5.73 Å². The van der Waals surface area contributed by atoms with Crippen LogP contribution >= 0.6 is 0 Å². The van der Waals surface area contributed by atoms with E-state index in [2.05, 4.69) is 10.6 Å². The van der Waals surface area contributed by atoms with Gasteiger partial charge in [-0.2, -0.15) is 0 Å². The molecule has 4 N–H and O–H groups in total. The number of carbonyl (C=O) groups excluding carboxylic acids is 4. The summed E-state index contributed by atoms with van der Waals surface area (Å²) in [4.78, 5) is 49.2. The van der Waals surface area contributed by atoms with E-state index in [1.807, 2.05) is 6.07 Å². The maximum Gasteiger partial charge on any atom is 0.412 e. The van der Waals surface area contributed by atoms with Crippen LogP contribution in [0.1, 0.15) is 50.0 Å². The Hall–Kier alpha value is -4.12. The van der Waals surface area contributed by atoms with Gasteiger partial charge in [-0.15, -0.1) is 0 Å². The average molecular weight is 502 g/mol. The first-order valence-corrected chi connectivity index (χ1v) is 11.2. The van der Waals surface area contributed by atoms with E-state index in [0.717, 1.165) is 5.56 Å². The fourth-order valence-electron chi connectivity index (χ4n) is 2.86. The van der Waals surface area contributed by atoms with Crippen molar-refractivity contribution in [2.75, 3.05) is 11.9 Å². The van der Waals surface area contributed by atoms with Gasteiger partial charge in [0.15, 0.2) is 0 Å². The molecule has 0 heterocycles. The quantitative estimate of drug-likeness (QED) is 0.202. The zero-order valence-corrected chi connectivity index (χ0v) is 20.7. The van der Waals surface area contributed by atoms with Gasteiger partial charge >= 0.3 is 24.1 Å². The largest absolute Gasteiger partial charge is 0.492 e. The highest BCUT2D eigenvalue weighted by atomic mass is 16.6. The van der Waals surface area contributed by atoms with Crippen LogP contribution in [0.15, 0.2) is 48.5 Å². The highest BCUT2D eigenvalue weighted by Gasteiger charge is 2.25. The fraction of sp³-hybridized carbons (Fsp3) is 0.360. The monoisotopic (exact) mass is 501 g/mol. The number of carbonyl (C=O) groups is 4. The molecule has 1 atom stereocenters. The lowest BCUT2D eigenvalue weighted by atomic mass is 10.1. The van der Waals surface area contributed by atoms with E-state index >= 15 is 0 Å². The third-order valence-corrected chi connectivity index (χ3v) is 4.28. The molecule has 0 saturated carbocycles. The van der Waals surface area contributed by atoms with Crippen molar-refractivity contribution in [2.45, 2.75) is 52.5 Å². The summed E-state index contributed by atoms with van der Waals surface area (Å²) in [6.45, 7) is 7.05. The van der Waals surface area contributed by atoms with Gasteiger partial charge in [0.05, 0.1) is 24.8 Å². The van der Waals surface area contributed by atoms with Gasteiger partial charge in [0.25, 0.3) is 0 Å². The van der Waals surface area contributed by atoms with Crippen LogP contribution in [-0.4, -0.2) is 42.5 Å². The van der Waals surface area contributed by atoms with Crippen molar-refractivity contribution < 1.29 is 38.1 Å². The zero-order valence-electron chi connectivity index (χ0n) is 20.7. The lowest BCUT2D eigenvalue weighted by Crippen LogP contribution is -2.43. The Bertz CT molecular complexity index is 1070. The van der Waals surface area contributed by atoms with Gasteiger partial charge in [0, 0.05) is 0 Å². The van der Waals surface area contributed by atoms with Gasteiger partial charge in [-0.25, -0.2) is 14.4 Å². The number of para-hydroxylation sites is 1. The van der Waals surface area contributed by atoms with Crippen LogP contribution in [0.2, 0.25) is 0 Å². The summed E-state index contributed by atoms with van der Waals surface area (Å²) < 4.78 is 20.6. The molecule has 0 aliphatic carbocycles. The lowest BCUT2D eigenvalue weighted by molar-refractivity contribution is -0.138. The number of rotatable bonds is 9. The zero-order chi connectivity index (χ0) is 26.7. The molecule has 0 aliphatic rings. The lowest BCUT2D eigenvalue weighted by Gasteiger charge is -2.21. The van der Waals surface area contributed by atoms with Crippen LogP contribution in [-0.2, 0) is 25.6 Å². The molecule has 0 fully saturated rings. The number of anilines is 1. The molecule has 0 radical (unpaired) electrons. The molecule has 0 saturated heterocycles. The molecule has 194 valence electrons. The summed E-state index contributed by atoms with van der Waals surface area (Å²) in [7, 11) is 0. The number of esters is 2. The second-order valence-corrected chi connectivity index (χ2v) is 8.52. The van der Waals surface area contributed by atoms with Crippen molar-refractivity contribution in [1.29, 1.82) is 0 Å². The molecule has 0 unspecified atom stereocenters. The molecule has 0 bridgehead atoms. The predicted octanol–water partition coefficient (Wildman–Crippen LogP) is 3.72. The van der Waals surface area contributed by atoms with Crippen LogP contribution in [0, 0.1) is 0 Å². The Morgan fingerprint density at radius 2 is 1.67 bits per heavy atom. The molecule has 11 heteroatoms. The molecule has 36 heavy (non-hydrogen) atoms. The Balaban J connectivity index is 1.98. The van der Waals surface area contributed by atoms with Crippen LogP contribution in [0.4, 0.5) is 15.3 Å². The first kappa shape index (κ1) is 28.1. The third kappa shape index (κ3) is 9.63. The molecule has 2 amide bonds. The number of ether oxygens (including phenoxy) is 4. The minimum absolute atomic E-state index is 0.0155. The van der Waals surface area contributed by atoms with Crippen molar-refractivity contribution in [3.05, 3.63) is 59.7 Å². The molecule has 2 aromatic rings. The number of amides is 2. The predicted molar refractivity (Wildman–Crippen MR) is 130 cm³/mol. The van der Waals surface area contributed by atoms with Crippen molar-refractivity contribution in [3.8, 4) is 5.75 Å². The Morgan fingerprint density at radius 3 is 2.31 bits per heavy atom. The fourth-order valence-corrected chi connectivity index (χ4v) is 2.86. The molecule has 0 spiro atoms. The summed E-state index contributed by atoms with van der Waals surface area (Å²) in [5, 5.41) is 4.76. The minimum atomic E-state index is -1.16. The summed E-state index contributed by atoms with van der Waals surface area (Å²) in [6.07, 6.45) is -3.33. The van der Waals surface area contributed by atoms with Crippen molar-refractivity contribution in [1.82, 2.24) is 5.32 Å². The molecular formula is C25H31N3O8. The van der Waals surface area contributed by atoms with Gasteiger partial charge in [-0.3, -0.25) is 10.1 Å². The number of nitrogens with one attached hydrogen (secondary N) is 2. The summed E-state index contributed by atoms with van der Waals surface area (Å²) in [5.74, 6) is -1.86. The van der Waals surface area contributed by atoms with Crippen LogP contribution in [0.5, 0.6) is 5.75 Å². The number of alkyl carbamates (subject to hydrolysis) is 1. The van der Waals surface area contributed by atoms with Crippen molar-refractivity contribution in [3.63, 3.8) is 0 Å². The van der Waals surface area contributed by atoms with E-state index in [-0.39, 0.29) is 30.2 Å². The van der Waals surface area contributed by atoms with E-state index in [4.69, 9.17) is 24.7 Å². The summed E-state index contributed by atoms with van der Waals surface area (Å²) >= 11 is 0. The standard InChI is InChI=1S/C25H31N3O8/c1-5-33-18-13-9-12-17(21(18)28-24(32)36-25(2,3)4)22(30)35-20(29)14-19(26)27-23(31)34-15-16-10-7-6-8-11-16/h6-13,19H,5,14-15,26H2,1-4H3,(H,27,31)(H,28,32)/t19-/m0/s1. The Morgan fingerprint density at radius 1 is 0.972 bits per heavy atom. The van der Waals surface area contributed by atoms with Crippen LogP contribution in [0.25, 0.3) is 0 Å². The number of hydrogen-bond acceptors (Lipinski definition) is 9. The van der Waals surface area contributed by atoms with Crippen LogP contribution in [0.3, 0.4) is 0 Å². The van der Waals surface area contributed by atoms with Crippen molar-refractivity contribution >= 4 is 29.8 Å². The molecule has 0 aliphatic heterocycles. The molecular weight excluding hydrogens is 470 g/mol. The van der Waals surface area contributed by atoms with Gasteiger partial charge in [-0.05, 0) is 45.4 Å². The topological polar surface area (TPSA) is 155 Å². The van der Waals surface area contributed by atoms with Crippen LogP contribution < -0.4 is 21.1 Å². The highest BCUT2D eigenvalue weighted by Crippen LogP contribution is 2.30. The first-order valence-electron chi connectivity index (χ1n) is 11.2. The number of nitrogens with two attached hydrogens (primary N) is 1. The minimum Gasteiger partial charge on any atom is -0.492 e. The maximum absolute atomic E-state index is 12.7. The van der Waals surface area contributed by atoms with Gasteiger partial charge in [0.1, 0.15) is 23.6 Å². The van der Waals surface area contributed by atoms with E-state index in [1.54, 1.807) is 52.0 Å². The van der Waals surface area contributed by atoms with E-state index < -0.39 is 42.3 Å². The smallest absolute Gasteiger partial charge is 0.412 e. The Labute approximate surface area is 209 Å². The first-order chi connectivity index (χ1) is 17.0. The van der Waals surface area contributed by atoms with Gasteiger partial charge < -0.3 is 30.0 Å². The molecule has 11 nitrogen and oxygen atoms in total. The Kier molecular flexibility index (Phi) is 10.2. The van der Waals surface area contributed by atoms with E-state index in [1.165, 1.54) is 18.2 Å². The number of benzene rings is 2. The summed E-state index contributed by atoms with van der Waals surface area (Å²) in [5.41, 5.74) is 5.60. The summed E-state index contributed by atoms with van der Waals surface area (Å²) in [6, 6.07) is 13.4. The third-order valence-electron chi connectivity index (χ3n) is 4.28. The normalized spacial score (nSPS) is 11.6. The SMILES string of the molecule is CCOc1cccc(C(=O)OC(=O)C[C@@H](N)NC(=O)OCc2ccccc2)c1NC(=O)OC(C)(C)C. The second kappa shape index (κ2) is 13.1.